The van der Waals surface area contributed by atoms with Crippen molar-refractivity contribution < 1.29 is 4.79 Å². The lowest BCUT2D eigenvalue weighted by Gasteiger charge is -2.22. The summed E-state index contributed by atoms with van der Waals surface area (Å²) in [6, 6.07) is 0. The highest BCUT2D eigenvalue weighted by molar-refractivity contribution is 5.96. The second kappa shape index (κ2) is 3.52. The molecule has 2 heterocycles. The quantitative estimate of drug-likeness (QED) is 0.672. The largest absolute Gasteiger partial charge is 0.302 e. The average Bonchev–Trinajstić information content (AvgIpc) is 2.79. The molecule has 1 aliphatic carbocycles. The van der Waals surface area contributed by atoms with Crippen molar-refractivity contribution in [1.82, 2.24) is 4.90 Å². The van der Waals surface area contributed by atoms with Crippen molar-refractivity contribution in [3.63, 3.8) is 0 Å². The van der Waals surface area contributed by atoms with Crippen molar-refractivity contribution in [2.24, 2.45) is 22.7 Å². The zero-order valence-electron chi connectivity index (χ0n) is 9.94. The smallest absolute Gasteiger partial charge is 0.168 e. The highest BCUT2D eigenvalue weighted by Crippen LogP contribution is 2.45. The Hall–Kier alpha value is -0.960. The summed E-state index contributed by atoms with van der Waals surface area (Å²) in [6.07, 6.45) is 2.34. The number of allylic oxidation sites excluding steroid dienone is 1. The topological polar surface area (TPSA) is 32.7 Å². The molecule has 0 amide bonds. The van der Waals surface area contributed by atoms with Crippen LogP contribution in [-0.4, -0.2) is 36.5 Å². The SMILES string of the molecule is CC1=NC(C=O)=C(C)C1CN1C[C@H]2C[C@H]2C1. The molecule has 0 spiro atoms. The fourth-order valence-corrected chi connectivity index (χ4v) is 3.14. The van der Waals surface area contributed by atoms with Gasteiger partial charge in [-0.3, -0.25) is 9.79 Å². The predicted octanol–water partition coefficient (Wildman–Crippen LogP) is 1.50. The van der Waals surface area contributed by atoms with Crippen LogP contribution in [0, 0.1) is 17.8 Å². The van der Waals surface area contributed by atoms with Crippen LogP contribution in [0.4, 0.5) is 0 Å². The summed E-state index contributed by atoms with van der Waals surface area (Å²) in [5.41, 5.74) is 2.93. The zero-order valence-corrected chi connectivity index (χ0v) is 9.94. The zero-order chi connectivity index (χ0) is 11.3. The molecule has 1 saturated heterocycles. The summed E-state index contributed by atoms with van der Waals surface area (Å²) in [6.45, 7) is 7.68. The number of likely N-dealkylation sites (tertiary alicyclic amines) is 1. The van der Waals surface area contributed by atoms with E-state index in [-0.39, 0.29) is 0 Å². The van der Waals surface area contributed by atoms with Crippen LogP contribution >= 0.6 is 0 Å². The number of hydrogen-bond donors (Lipinski definition) is 0. The molecule has 3 heteroatoms. The van der Waals surface area contributed by atoms with Crippen LogP contribution < -0.4 is 0 Å². The Morgan fingerprint density at radius 1 is 1.38 bits per heavy atom. The second-order valence-corrected chi connectivity index (χ2v) is 5.47. The number of aliphatic imine (C=N–C) groups is 1. The molecule has 0 bridgehead atoms. The fourth-order valence-electron chi connectivity index (χ4n) is 3.14. The van der Waals surface area contributed by atoms with Crippen LogP contribution in [-0.2, 0) is 4.79 Å². The van der Waals surface area contributed by atoms with E-state index in [2.05, 4.69) is 9.89 Å². The van der Waals surface area contributed by atoms with E-state index in [0.717, 1.165) is 36.0 Å². The molecule has 2 fully saturated rings. The van der Waals surface area contributed by atoms with Gasteiger partial charge in [-0.05, 0) is 37.7 Å². The molecule has 2 aliphatic heterocycles. The van der Waals surface area contributed by atoms with Crippen LogP contribution in [0.5, 0.6) is 0 Å². The van der Waals surface area contributed by atoms with Crippen molar-refractivity contribution in [3.05, 3.63) is 11.3 Å². The van der Waals surface area contributed by atoms with Gasteiger partial charge in [0.25, 0.3) is 0 Å². The average molecular weight is 218 g/mol. The molecule has 3 rings (SSSR count). The standard InChI is InChI=1S/C13H18N2O/c1-8-12(9(2)14-13(8)7-16)6-15-4-10-3-11(10)5-15/h7,10-12H,3-6H2,1-2H3/t10-,11+,12?. The lowest BCUT2D eigenvalue weighted by molar-refractivity contribution is -0.105. The van der Waals surface area contributed by atoms with Crippen molar-refractivity contribution in [1.29, 1.82) is 0 Å². The van der Waals surface area contributed by atoms with Crippen molar-refractivity contribution in [3.8, 4) is 0 Å². The highest BCUT2D eigenvalue weighted by Gasteiger charge is 2.45. The molecule has 0 radical (unpaired) electrons. The van der Waals surface area contributed by atoms with E-state index in [1.807, 2.05) is 13.8 Å². The maximum absolute atomic E-state index is 10.8. The van der Waals surface area contributed by atoms with Gasteiger partial charge < -0.3 is 4.90 Å². The number of piperidine rings is 1. The Balaban J connectivity index is 1.68. The lowest BCUT2D eigenvalue weighted by Crippen LogP contribution is -2.31. The first-order chi connectivity index (χ1) is 7.69. The third-order valence-electron chi connectivity index (χ3n) is 4.33. The first-order valence-corrected chi connectivity index (χ1v) is 6.12. The van der Waals surface area contributed by atoms with Crippen molar-refractivity contribution in [2.75, 3.05) is 19.6 Å². The van der Waals surface area contributed by atoms with Gasteiger partial charge in [0.15, 0.2) is 6.29 Å². The van der Waals surface area contributed by atoms with Crippen LogP contribution in [0.25, 0.3) is 0 Å². The first-order valence-electron chi connectivity index (χ1n) is 6.12. The van der Waals surface area contributed by atoms with E-state index >= 15 is 0 Å². The van der Waals surface area contributed by atoms with E-state index < -0.39 is 0 Å². The van der Waals surface area contributed by atoms with Gasteiger partial charge in [-0.15, -0.1) is 0 Å². The summed E-state index contributed by atoms with van der Waals surface area (Å²) in [4.78, 5) is 17.7. The Morgan fingerprint density at radius 2 is 2.06 bits per heavy atom. The van der Waals surface area contributed by atoms with Gasteiger partial charge in [-0.25, -0.2) is 0 Å². The van der Waals surface area contributed by atoms with Crippen molar-refractivity contribution in [2.45, 2.75) is 20.3 Å². The summed E-state index contributed by atoms with van der Waals surface area (Å²) in [7, 11) is 0. The molecule has 3 nitrogen and oxygen atoms in total. The first kappa shape index (κ1) is 10.2. The Labute approximate surface area is 96.2 Å². The maximum Gasteiger partial charge on any atom is 0.168 e. The van der Waals surface area contributed by atoms with E-state index in [1.54, 1.807) is 0 Å². The van der Waals surface area contributed by atoms with Gasteiger partial charge in [0, 0.05) is 31.3 Å². The summed E-state index contributed by atoms with van der Waals surface area (Å²) >= 11 is 0. The van der Waals surface area contributed by atoms with E-state index in [1.165, 1.54) is 19.5 Å². The van der Waals surface area contributed by atoms with E-state index in [9.17, 15) is 4.79 Å². The molecule has 3 atom stereocenters. The maximum atomic E-state index is 10.8. The Bertz CT molecular complexity index is 387. The second-order valence-electron chi connectivity index (χ2n) is 5.47. The van der Waals surface area contributed by atoms with E-state index in [0.29, 0.717) is 11.6 Å². The molecule has 1 unspecified atom stereocenters. The van der Waals surface area contributed by atoms with E-state index in [4.69, 9.17) is 0 Å². The molecule has 86 valence electrons. The molecule has 0 aromatic carbocycles. The monoisotopic (exact) mass is 218 g/mol. The molecule has 16 heavy (non-hydrogen) atoms. The van der Waals surface area contributed by atoms with Crippen LogP contribution in [0.15, 0.2) is 16.3 Å². The fraction of sp³-hybridized carbons (Fsp3) is 0.692. The molecule has 0 aromatic heterocycles. The van der Waals surface area contributed by atoms with Gasteiger partial charge in [-0.2, -0.15) is 0 Å². The molecule has 3 aliphatic rings. The van der Waals surface area contributed by atoms with Crippen LogP contribution in [0.3, 0.4) is 0 Å². The Kier molecular flexibility index (Phi) is 2.25. The van der Waals surface area contributed by atoms with Gasteiger partial charge in [-0.1, -0.05) is 0 Å². The minimum Gasteiger partial charge on any atom is -0.302 e. The summed E-state index contributed by atoms with van der Waals surface area (Å²) in [5.74, 6) is 2.35. The highest BCUT2D eigenvalue weighted by atomic mass is 16.1. The summed E-state index contributed by atoms with van der Waals surface area (Å²) in [5, 5.41) is 0. The number of fused-ring (bicyclic) bond motifs is 1. The number of nitrogens with zero attached hydrogens (tertiary/aromatic N) is 2. The van der Waals surface area contributed by atoms with Crippen LogP contribution in [0.1, 0.15) is 20.3 Å². The summed E-state index contributed by atoms with van der Waals surface area (Å²) < 4.78 is 0. The van der Waals surface area contributed by atoms with Gasteiger partial charge in [0.05, 0.1) is 0 Å². The molecule has 1 saturated carbocycles. The number of aldehydes is 1. The number of carbonyl (C=O) groups is 1. The van der Waals surface area contributed by atoms with Crippen LogP contribution in [0.2, 0.25) is 0 Å². The molecular weight excluding hydrogens is 200 g/mol. The number of carbonyl (C=O) groups excluding carboxylic acids is 1. The predicted molar refractivity (Wildman–Crippen MR) is 63.4 cm³/mol. The molecule has 0 N–H and O–H groups in total. The minimum absolute atomic E-state index is 0.387. The van der Waals surface area contributed by atoms with Gasteiger partial charge in [0.1, 0.15) is 5.70 Å². The van der Waals surface area contributed by atoms with Gasteiger partial charge in [0.2, 0.25) is 0 Å². The third kappa shape index (κ3) is 1.54. The normalized spacial score (nSPS) is 37.6. The van der Waals surface area contributed by atoms with Crippen molar-refractivity contribution >= 4 is 12.0 Å². The number of hydrogen-bond acceptors (Lipinski definition) is 3. The minimum atomic E-state index is 0.387. The third-order valence-corrected chi connectivity index (χ3v) is 4.33. The van der Waals surface area contributed by atoms with Gasteiger partial charge >= 0.3 is 0 Å². The molecular formula is C13H18N2O. The molecule has 0 aromatic rings. The number of rotatable bonds is 3. The lowest BCUT2D eigenvalue weighted by atomic mass is 9.96. The Morgan fingerprint density at radius 3 is 2.62 bits per heavy atom.